The summed E-state index contributed by atoms with van der Waals surface area (Å²) in [6.45, 7) is 10.4. The van der Waals surface area contributed by atoms with Crippen molar-refractivity contribution in [2.24, 2.45) is 0 Å². The number of nitriles is 1. The maximum absolute atomic E-state index is 17.1. The van der Waals surface area contributed by atoms with Gasteiger partial charge in [0.15, 0.2) is 5.82 Å². The minimum atomic E-state index is -0.764. The van der Waals surface area contributed by atoms with Gasteiger partial charge in [0.05, 0.1) is 26.9 Å². The molecule has 0 spiro atoms. The van der Waals surface area contributed by atoms with Crippen LogP contribution in [0, 0.1) is 23.0 Å². The van der Waals surface area contributed by atoms with E-state index in [1.165, 1.54) is 18.2 Å². The van der Waals surface area contributed by atoms with Crippen molar-refractivity contribution < 1.29 is 23.0 Å². The van der Waals surface area contributed by atoms with Crippen molar-refractivity contribution in [3.05, 3.63) is 53.1 Å². The van der Waals surface area contributed by atoms with Gasteiger partial charge in [-0.15, -0.1) is 11.3 Å². The second-order valence-corrected chi connectivity index (χ2v) is 14.7. The lowest BCUT2D eigenvalue weighted by Crippen LogP contribution is -2.58. The van der Waals surface area contributed by atoms with E-state index in [2.05, 4.69) is 16.5 Å². The molecule has 4 atom stereocenters. The first kappa shape index (κ1) is 33.4. The summed E-state index contributed by atoms with van der Waals surface area (Å²) in [5, 5.41) is 10.6. The highest BCUT2D eigenvalue weighted by atomic mass is 35.5. The number of carbonyl (C=O) groups is 1. The summed E-state index contributed by atoms with van der Waals surface area (Å²) < 4.78 is 44.3. The number of fused-ring (bicyclic) bond motifs is 3. The highest BCUT2D eigenvalue weighted by Gasteiger charge is 2.49. The van der Waals surface area contributed by atoms with Gasteiger partial charge in [0, 0.05) is 55.2 Å². The van der Waals surface area contributed by atoms with E-state index >= 15 is 4.39 Å². The number of nitrogen functional groups attached to an aromatic ring is 1. The fourth-order valence-electron chi connectivity index (χ4n) is 7.87. The molecule has 10 nitrogen and oxygen atoms in total. The first-order chi connectivity index (χ1) is 23.5. The van der Waals surface area contributed by atoms with Crippen LogP contribution in [0.25, 0.3) is 32.1 Å². The first-order valence-corrected chi connectivity index (χ1v) is 17.4. The summed E-state index contributed by atoms with van der Waals surface area (Å²) in [5.41, 5.74) is 6.05. The largest absolute Gasteiger partial charge is 0.461 e. The molecule has 14 heteroatoms. The summed E-state index contributed by atoms with van der Waals surface area (Å²) in [5.74, 6) is -1.09. The smallest absolute Gasteiger partial charge is 0.319 e. The van der Waals surface area contributed by atoms with E-state index < -0.39 is 11.6 Å². The third-order valence-corrected chi connectivity index (χ3v) is 11.7. The van der Waals surface area contributed by atoms with Crippen molar-refractivity contribution in [2.45, 2.75) is 56.8 Å². The standard InChI is InChI=1S/C35H36ClF2N7O3S/c1-5-26(46)44-14-19(3)45(15-18(44)2)33-22-11-24(36)28(21-7-8-25(37)31-27(21)23(13-39)32(40)49-31)29(38)30(22)41-34(42-33)48-17-35-9-6-10-43(35)16-20(12-35)47-4/h5,7-8,11,18-20H,1,6,9-10,12,14-17,40H2,2-4H3/t18-,19+,20-,35+/m1/s1. The van der Waals surface area contributed by atoms with E-state index in [1.54, 1.807) is 18.1 Å². The van der Waals surface area contributed by atoms with Gasteiger partial charge in [-0.25, -0.2) is 8.78 Å². The summed E-state index contributed by atoms with van der Waals surface area (Å²) in [7, 11) is 1.72. The number of nitrogens with zero attached hydrogens (tertiary/aromatic N) is 6. The molecule has 4 aromatic rings. The summed E-state index contributed by atoms with van der Waals surface area (Å²) >= 11 is 7.81. The van der Waals surface area contributed by atoms with Gasteiger partial charge in [-0.1, -0.05) is 24.2 Å². The average molecular weight is 708 g/mol. The number of amides is 1. The van der Waals surface area contributed by atoms with Crippen LogP contribution in [0.1, 0.15) is 38.7 Å². The van der Waals surface area contributed by atoms with E-state index in [0.717, 1.165) is 43.7 Å². The highest BCUT2D eigenvalue weighted by Crippen LogP contribution is 2.46. The molecule has 0 bridgehead atoms. The zero-order valence-electron chi connectivity index (χ0n) is 27.4. The number of carbonyl (C=O) groups excluding carboxylic acids is 1. The van der Waals surface area contributed by atoms with Crippen LogP contribution < -0.4 is 15.4 Å². The molecule has 3 fully saturated rings. The quantitative estimate of drug-likeness (QED) is 0.226. The molecule has 3 aliphatic heterocycles. The second-order valence-electron chi connectivity index (χ2n) is 13.2. The van der Waals surface area contributed by atoms with Crippen LogP contribution in [0.4, 0.5) is 19.6 Å². The number of anilines is 2. The molecule has 49 heavy (non-hydrogen) atoms. The van der Waals surface area contributed by atoms with Gasteiger partial charge in [0.2, 0.25) is 5.91 Å². The van der Waals surface area contributed by atoms with Crippen LogP contribution in [-0.4, -0.2) is 89.3 Å². The summed E-state index contributed by atoms with van der Waals surface area (Å²) in [6, 6.07) is 5.84. The summed E-state index contributed by atoms with van der Waals surface area (Å²) in [6.07, 6.45) is 4.16. The van der Waals surface area contributed by atoms with E-state index in [1.807, 2.05) is 24.8 Å². The van der Waals surface area contributed by atoms with Crippen molar-refractivity contribution in [3.63, 3.8) is 0 Å². The Hall–Kier alpha value is -4.09. The molecule has 0 unspecified atom stereocenters. The SMILES string of the molecule is C=CC(=O)N1C[C@H](C)N(c2nc(OC[C@@]34CCCN3C[C@H](OC)C4)nc3c(F)c(-c4ccc(F)c5sc(N)c(C#N)c45)c(Cl)cc23)C[C@H]1C. The molecule has 0 aliphatic carbocycles. The van der Waals surface area contributed by atoms with Gasteiger partial charge in [0.25, 0.3) is 0 Å². The molecule has 3 saturated heterocycles. The Bertz CT molecular complexity index is 2050. The van der Waals surface area contributed by atoms with Gasteiger partial charge < -0.3 is 25.0 Å². The molecule has 256 valence electrons. The second kappa shape index (κ2) is 12.7. The van der Waals surface area contributed by atoms with Crippen LogP contribution in [-0.2, 0) is 9.53 Å². The van der Waals surface area contributed by atoms with Crippen molar-refractivity contribution in [2.75, 3.05) is 50.5 Å². The normalized spacial score (nSPS) is 24.1. The molecule has 2 N–H and O–H groups in total. The molecule has 1 amide bonds. The first-order valence-electron chi connectivity index (χ1n) is 16.2. The minimum Gasteiger partial charge on any atom is -0.461 e. The Morgan fingerprint density at radius 3 is 2.80 bits per heavy atom. The Labute approximate surface area is 291 Å². The zero-order valence-corrected chi connectivity index (χ0v) is 29.0. The molecule has 2 aromatic heterocycles. The third-order valence-electron chi connectivity index (χ3n) is 10.3. The lowest BCUT2D eigenvalue weighted by Gasteiger charge is -2.44. The molecule has 7 rings (SSSR count). The van der Waals surface area contributed by atoms with Crippen molar-refractivity contribution in [3.8, 4) is 23.2 Å². The monoisotopic (exact) mass is 707 g/mol. The fraction of sp³-hybridized carbons (Fsp3) is 0.429. The zero-order chi connectivity index (χ0) is 34.8. The van der Waals surface area contributed by atoms with E-state index in [9.17, 15) is 14.4 Å². The van der Waals surface area contributed by atoms with Crippen LogP contribution in [0.5, 0.6) is 6.01 Å². The van der Waals surface area contributed by atoms with Gasteiger partial charge >= 0.3 is 6.01 Å². The number of rotatable bonds is 7. The van der Waals surface area contributed by atoms with Gasteiger partial charge in [0.1, 0.15) is 34.8 Å². The van der Waals surface area contributed by atoms with Crippen LogP contribution in [0.3, 0.4) is 0 Å². The van der Waals surface area contributed by atoms with Gasteiger partial charge in [-0.3, -0.25) is 9.69 Å². The number of aromatic nitrogens is 2. The lowest BCUT2D eigenvalue weighted by molar-refractivity contribution is -0.128. The van der Waals surface area contributed by atoms with E-state index in [0.29, 0.717) is 30.9 Å². The number of benzene rings is 2. The maximum Gasteiger partial charge on any atom is 0.319 e. The van der Waals surface area contributed by atoms with Crippen LogP contribution >= 0.6 is 22.9 Å². The number of nitrogens with two attached hydrogens (primary N) is 1. The lowest BCUT2D eigenvalue weighted by atomic mass is 9.94. The fourth-order valence-corrected chi connectivity index (χ4v) is 9.11. The van der Waals surface area contributed by atoms with E-state index in [4.69, 9.17) is 31.8 Å². The Kier molecular flexibility index (Phi) is 8.63. The molecule has 3 aliphatic rings. The predicted molar refractivity (Wildman–Crippen MR) is 187 cm³/mol. The maximum atomic E-state index is 17.1. The predicted octanol–water partition coefficient (Wildman–Crippen LogP) is 6.14. The topological polar surface area (TPSA) is 121 Å². The van der Waals surface area contributed by atoms with Crippen LogP contribution in [0.15, 0.2) is 30.9 Å². The molecule has 0 saturated carbocycles. The third kappa shape index (κ3) is 5.45. The molecular weight excluding hydrogens is 672 g/mol. The number of hydrogen-bond donors (Lipinski definition) is 1. The minimum absolute atomic E-state index is 0.00274. The van der Waals surface area contributed by atoms with Crippen molar-refractivity contribution >= 4 is 60.7 Å². The molecule has 5 heterocycles. The number of piperazine rings is 1. The molecule has 2 aromatic carbocycles. The Morgan fingerprint density at radius 1 is 1.27 bits per heavy atom. The van der Waals surface area contributed by atoms with Crippen LogP contribution in [0.2, 0.25) is 5.02 Å². The number of hydrogen-bond acceptors (Lipinski definition) is 10. The Morgan fingerprint density at radius 2 is 2.06 bits per heavy atom. The summed E-state index contributed by atoms with van der Waals surface area (Å²) in [4.78, 5) is 28.3. The van der Waals surface area contributed by atoms with Gasteiger partial charge in [-0.05, 0) is 63.4 Å². The number of methoxy groups -OCH3 is 1. The van der Waals surface area contributed by atoms with E-state index in [-0.39, 0.29) is 78.0 Å². The molecule has 0 radical (unpaired) electrons. The van der Waals surface area contributed by atoms with Crippen molar-refractivity contribution in [1.29, 1.82) is 5.26 Å². The Balaban J connectivity index is 1.38. The number of ether oxygens (including phenoxy) is 2. The number of thiophene rings is 1. The number of halogens is 3. The van der Waals surface area contributed by atoms with Crippen molar-refractivity contribution in [1.82, 2.24) is 19.8 Å². The average Bonchev–Trinajstić information content (AvgIpc) is 3.75. The van der Waals surface area contributed by atoms with Gasteiger partial charge in [-0.2, -0.15) is 15.2 Å². The molecular formula is C35H36ClF2N7O3S. The highest BCUT2D eigenvalue weighted by molar-refractivity contribution is 7.23.